The Morgan fingerprint density at radius 3 is 2.03 bits per heavy atom. The number of nitrogens with zero attached hydrogens (tertiary/aromatic N) is 2. The molecule has 0 spiro atoms. The molecule has 1 aliphatic carbocycles. The van der Waals surface area contributed by atoms with Crippen molar-refractivity contribution in [2.24, 2.45) is 0 Å². The third-order valence-electron chi connectivity index (χ3n) is 7.35. The largest absolute Gasteiger partial charge is 0.468 e. The van der Waals surface area contributed by atoms with Crippen molar-refractivity contribution in [2.45, 2.75) is 51.2 Å². The fourth-order valence-corrected chi connectivity index (χ4v) is 4.92. The molecular weight excluding hydrogens is 490 g/mol. The van der Waals surface area contributed by atoms with Crippen LogP contribution in [0.1, 0.15) is 56.9 Å². The van der Waals surface area contributed by atoms with Gasteiger partial charge in [0.1, 0.15) is 11.9 Å². The van der Waals surface area contributed by atoms with Gasteiger partial charge in [0.15, 0.2) is 0 Å². The number of benzene rings is 3. The molecule has 1 aliphatic rings. The quantitative estimate of drug-likeness (QED) is 0.245. The Hall–Kier alpha value is -4.39. The van der Waals surface area contributed by atoms with Gasteiger partial charge in [-0.15, -0.1) is 0 Å². The highest BCUT2D eigenvalue weighted by Gasteiger charge is 2.52. The minimum atomic E-state index is -0.535. The van der Waals surface area contributed by atoms with Crippen molar-refractivity contribution < 1.29 is 19.1 Å². The third-order valence-corrected chi connectivity index (χ3v) is 7.35. The van der Waals surface area contributed by atoms with Crippen molar-refractivity contribution in [1.29, 1.82) is 0 Å². The Bertz CT molecular complexity index is 1450. The molecule has 0 saturated heterocycles. The topological polar surface area (TPSA) is 82.5 Å². The molecule has 0 bridgehead atoms. The summed E-state index contributed by atoms with van der Waals surface area (Å²) in [5, 5.41) is 7.46. The molecule has 7 nitrogen and oxygen atoms in total. The number of hydrogen-bond donors (Lipinski definition) is 1. The van der Waals surface area contributed by atoms with E-state index in [0.717, 1.165) is 46.2 Å². The number of carbonyl (C=O) groups is 2. The Kier molecular flexibility index (Phi) is 7.24. The van der Waals surface area contributed by atoms with Crippen molar-refractivity contribution in [3.63, 3.8) is 0 Å². The van der Waals surface area contributed by atoms with Crippen molar-refractivity contribution >= 4 is 17.9 Å². The zero-order valence-corrected chi connectivity index (χ0v) is 22.7. The van der Waals surface area contributed by atoms with Gasteiger partial charge in [0, 0.05) is 11.6 Å². The van der Waals surface area contributed by atoms with Crippen LogP contribution < -0.4 is 5.32 Å². The number of aromatic nitrogens is 2. The third kappa shape index (κ3) is 5.30. The maximum absolute atomic E-state index is 12.9. The predicted octanol–water partition coefficient (Wildman–Crippen LogP) is 7.31. The average Bonchev–Trinajstić information content (AvgIpc) is 3.67. The molecule has 1 heterocycles. The van der Waals surface area contributed by atoms with Gasteiger partial charge in [-0.25, -0.2) is 9.48 Å². The van der Waals surface area contributed by atoms with E-state index in [0.29, 0.717) is 5.82 Å². The molecule has 1 aromatic heterocycles. The lowest BCUT2D eigenvalue weighted by molar-refractivity contribution is -0.143. The zero-order valence-electron chi connectivity index (χ0n) is 22.7. The number of methoxy groups -OCH3 is 1. The van der Waals surface area contributed by atoms with Crippen LogP contribution in [-0.4, -0.2) is 29.0 Å². The lowest BCUT2D eigenvalue weighted by atomic mass is 9.93. The maximum Gasteiger partial charge on any atom is 0.413 e. The van der Waals surface area contributed by atoms with Crippen molar-refractivity contribution in [3.05, 3.63) is 96.2 Å². The molecule has 1 N–H and O–H groups in total. The highest BCUT2D eigenvalue weighted by molar-refractivity contribution is 5.90. The molecule has 0 aliphatic heterocycles. The molecule has 1 amide bonds. The summed E-state index contributed by atoms with van der Waals surface area (Å²) in [6, 6.07) is 25.9. The van der Waals surface area contributed by atoms with Gasteiger partial charge in [-0.3, -0.25) is 10.1 Å². The van der Waals surface area contributed by atoms with Crippen molar-refractivity contribution in [1.82, 2.24) is 9.78 Å². The molecule has 3 aromatic carbocycles. The van der Waals surface area contributed by atoms with Crippen LogP contribution in [-0.2, 0) is 19.7 Å². The number of amides is 1. The Balaban J connectivity index is 1.34. The first-order valence-corrected chi connectivity index (χ1v) is 13.2. The average molecular weight is 524 g/mol. The second-order valence-corrected chi connectivity index (χ2v) is 10.3. The fourth-order valence-electron chi connectivity index (χ4n) is 4.92. The van der Waals surface area contributed by atoms with Gasteiger partial charge in [-0.2, -0.15) is 5.10 Å². The van der Waals surface area contributed by atoms with Crippen LogP contribution in [0.5, 0.6) is 0 Å². The monoisotopic (exact) mass is 523 g/mol. The molecule has 4 aromatic rings. The van der Waals surface area contributed by atoms with E-state index in [1.165, 1.54) is 7.11 Å². The summed E-state index contributed by atoms with van der Waals surface area (Å²) in [4.78, 5) is 25.1. The van der Waals surface area contributed by atoms with Crippen LogP contribution in [0.25, 0.3) is 22.3 Å². The molecule has 0 radical (unpaired) electrons. The standard InChI is InChI=1S/C32H33N3O4/c1-21(2)35-29(34-31(37)39-22(3)23-8-6-5-7-9-23)28(20-33-35)26-12-10-24(11-13-26)25-14-16-27(17-15-25)32(18-19-32)30(36)38-4/h5-17,20-22H,18-19H2,1-4H3,(H,34,37). The van der Waals surface area contributed by atoms with Crippen molar-refractivity contribution in [2.75, 3.05) is 12.4 Å². The normalized spacial score (nSPS) is 14.5. The lowest BCUT2D eigenvalue weighted by Crippen LogP contribution is -2.21. The van der Waals surface area contributed by atoms with E-state index in [9.17, 15) is 9.59 Å². The molecular formula is C32H33N3O4. The number of nitrogens with one attached hydrogen (secondary N) is 1. The minimum Gasteiger partial charge on any atom is -0.468 e. The summed E-state index contributed by atoms with van der Waals surface area (Å²) in [6.45, 7) is 5.87. The number of hydrogen-bond acceptors (Lipinski definition) is 5. The fraction of sp³-hybridized carbons (Fsp3) is 0.281. The lowest BCUT2D eigenvalue weighted by Gasteiger charge is -2.17. The van der Waals surface area contributed by atoms with Gasteiger partial charge in [0.2, 0.25) is 0 Å². The predicted molar refractivity (Wildman–Crippen MR) is 151 cm³/mol. The second kappa shape index (κ2) is 10.8. The van der Waals surface area contributed by atoms with Gasteiger partial charge in [0.05, 0.1) is 18.7 Å². The van der Waals surface area contributed by atoms with Crippen LogP contribution >= 0.6 is 0 Å². The van der Waals surface area contributed by atoms with Crippen LogP contribution in [0.4, 0.5) is 10.6 Å². The molecule has 1 fully saturated rings. The number of ether oxygens (including phenoxy) is 2. The number of esters is 1. The molecule has 1 atom stereocenters. The zero-order chi connectivity index (χ0) is 27.6. The smallest absolute Gasteiger partial charge is 0.413 e. The SMILES string of the molecule is COC(=O)C1(c2ccc(-c3ccc(-c4cnn(C(C)C)c4NC(=O)OC(C)c4ccccc4)cc3)cc2)CC1. The van der Waals surface area contributed by atoms with Crippen LogP contribution in [0, 0.1) is 0 Å². The summed E-state index contributed by atoms with van der Waals surface area (Å²) in [5.41, 5.74) is 5.29. The maximum atomic E-state index is 12.9. The summed E-state index contributed by atoms with van der Waals surface area (Å²) in [5.74, 6) is 0.425. The highest BCUT2D eigenvalue weighted by Crippen LogP contribution is 2.49. The number of anilines is 1. The van der Waals surface area contributed by atoms with Crippen LogP contribution in [0.3, 0.4) is 0 Å². The second-order valence-electron chi connectivity index (χ2n) is 10.3. The first-order valence-electron chi connectivity index (χ1n) is 13.2. The van der Waals surface area contributed by atoms with E-state index in [1.807, 2.05) is 99.6 Å². The van der Waals surface area contributed by atoms with Gasteiger partial charge in [0.25, 0.3) is 0 Å². The summed E-state index contributed by atoms with van der Waals surface area (Å²) >= 11 is 0. The van der Waals surface area contributed by atoms with Gasteiger partial charge in [-0.05, 0) is 61.4 Å². The molecule has 7 heteroatoms. The first-order chi connectivity index (χ1) is 18.8. The van der Waals surface area contributed by atoms with Crippen molar-refractivity contribution in [3.8, 4) is 22.3 Å². The molecule has 200 valence electrons. The summed E-state index contributed by atoms with van der Waals surface area (Å²) in [7, 11) is 1.44. The molecule has 1 saturated carbocycles. The van der Waals surface area contributed by atoms with Crippen LogP contribution in [0.2, 0.25) is 0 Å². The van der Waals surface area contributed by atoms with Gasteiger partial charge in [-0.1, -0.05) is 78.9 Å². The van der Waals surface area contributed by atoms with E-state index in [1.54, 1.807) is 10.9 Å². The summed E-state index contributed by atoms with van der Waals surface area (Å²) in [6.07, 6.45) is 2.49. The molecule has 5 rings (SSSR count). The number of carbonyl (C=O) groups excluding carboxylic acids is 2. The minimum absolute atomic E-state index is 0.0399. The van der Waals surface area contributed by atoms with Gasteiger partial charge >= 0.3 is 12.1 Å². The van der Waals surface area contributed by atoms with E-state index >= 15 is 0 Å². The Morgan fingerprint density at radius 1 is 0.872 bits per heavy atom. The van der Waals surface area contributed by atoms with E-state index in [-0.39, 0.29) is 12.0 Å². The Labute approximate surface area is 228 Å². The Morgan fingerprint density at radius 2 is 1.46 bits per heavy atom. The molecule has 39 heavy (non-hydrogen) atoms. The van der Waals surface area contributed by atoms with Crippen LogP contribution in [0.15, 0.2) is 85.1 Å². The first kappa shape index (κ1) is 26.2. The van der Waals surface area contributed by atoms with Gasteiger partial charge < -0.3 is 9.47 Å². The number of rotatable bonds is 8. The summed E-state index contributed by atoms with van der Waals surface area (Å²) < 4.78 is 12.4. The van der Waals surface area contributed by atoms with E-state index in [2.05, 4.69) is 10.4 Å². The highest BCUT2D eigenvalue weighted by atomic mass is 16.6. The van der Waals surface area contributed by atoms with E-state index in [4.69, 9.17) is 9.47 Å². The molecule has 1 unspecified atom stereocenters. The van der Waals surface area contributed by atoms with E-state index < -0.39 is 17.6 Å².